The van der Waals surface area contributed by atoms with Crippen molar-refractivity contribution in [3.8, 4) is 6.07 Å². The molecule has 0 aromatic carbocycles. The minimum absolute atomic E-state index is 0.139. The number of H-pyrrole nitrogens is 1. The van der Waals surface area contributed by atoms with E-state index in [1.54, 1.807) is 17.3 Å². The van der Waals surface area contributed by atoms with Gasteiger partial charge in [-0.15, -0.1) is 0 Å². The first-order valence-electron chi connectivity index (χ1n) is 10.1. The smallest absolute Gasteiger partial charge is 0.255 e. The van der Waals surface area contributed by atoms with Crippen molar-refractivity contribution in [1.29, 1.82) is 5.26 Å². The molecule has 2 N–H and O–H groups in total. The van der Waals surface area contributed by atoms with Crippen LogP contribution in [0.2, 0.25) is 0 Å². The number of hydrogen-bond acceptors (Lipinski definition) is 5. The molecule has 1 aliphatic carbocycles. The Morgan fingerprint density at radius 2 is 2.10 bits per heavy atom. The molecule has 1 aliphatic heterocycles. The zero-order chi connectivity index (χ0) is 20.8. The van der Waals surface area contributed by atoms with Gasteiger partial charge < -0.3 is 15.2 Å². The lowest BCUT2D eigenvalue weighted by atomic mass is 9.85. The van der Waals surface area contributed by atoms with E-state index in [0.29, 0.717) is 42.2 Å². The molecule has 0 spiro atoms. The van der Waals surface area contributed by atoms with Gasteiger partial charge in [-0.05, 0) is 24.7 Å². The Hall–Kier alpha value is -2.95. The van der Waals surface area contributed by atoms with Gasteiger partial charge in [0.2, 0.25) is 5.91 Å². The average molecular weight is 394 g/mol. The molecule has 8 nitrogen and oxygen atoms in total. The summed E-state index contributed by atoms with van der Waals surface area (Å²) < 4.78 is 0. The molecule has 2 aliphatic rings. The molecule has 29 heavy (non-hydrogen) atoms. The normalized spacial score (nSPS) is 20.5. The van der Waals surface area contributed by atoms with Gasteiger partial charge in [0, 0.05) is 25.2 Å². The van der Waals surface area contributed by atoms with Gasteiger partial charge in [-0.25, -0.2) is 9.97 Å². The zero-order valence-corrected chi connectivity index (χ0v) is 17.0. The molecule has 2 aromatic rings. The second kappa shape index (κ2) is 7.14. The molecule has 2 atom stereocenters. The Morgan fingerprint density at radius 3 is 2.72 bits per heavy atom. The lowest BCUT2D eigenvalue weighted by Gasteiger charge is -2.33. The van der Waals surface area contributed by atoms with E-state index in [1.165, 1.54) is 0 Å². The maximum absolute atomic E-state index is 13.1. The molecular formula is C21H26N6O2. The Bertz CT molecular complexity index is 995. The minimum Gasteiger partial charge on any atom is -0.344 e. The number of rotatable bonds is 4. The topological polar surface area (TPSA) is 115 Å². The van der Waals surface area contributed by atoms with Gasteiger partial charge in [0.05, 0.1) is 29.4 Å². The first kappa shape index (κ1) is 19.4. The summed E-state index contributed by atoms with van der Waals surface area (Å²) in [6.07, 6.45) is 6.24. The Kier molecular flexibility index (Phi) is 4.77. The molecule has 0 bridgehead atoms. The maximum Gasteiger partial charge on any atom is 0.255 e. The van der Waals surface area contributed by atoms with Crippen molar-refractivity contribution >= 4 is 23.0 Å². The maximum atomic E-state index is 13.1. The predicted molar refractivity (Wildman–Crippen MR) is 107 cm³/mol. The summed E-state index contributed by atoms with van der Waals surface area (Å²) in [6.45, 7) is 6.74. The Morgan fingerprint density at radius 1 is 1.34 bits per heavy atom. The summed E-state index contributed by atoms with van der Waals surface area (Å²) >= 11 is 0. The second-order valence-corrected chi connectivity index (χ2v) is 9.14. The van der Waals surface area contributed by atoms with Crippen molar-refractivity contribution in [2.24, 2.45) is 11.3 Å². The number of carbonyl (C=O) groups is 2. The minimum atomic E-state index is -0.697. The van der Waals surface area contributed by atoms with Crippen LogP contribution in [0.5, 0.6) is 0 Å². The number of nitriles is 1. The molecule has 2 aromatic heterocycles. The number of likely N-dealkylation sites (tertiary alicyclic amines) is 1. The summed E-state index contributed by atoms with van der Waals surface area (Å²) in [6, 6.07) is 1.53. The van der Waals surface area contributed by atoms with E-state index < -0.39 is 11.5 Å². The molecule has 2 unspecified atom stereocenters. The van der Waals surface area contributed by atoms with E-state index in [1.807, 2.05) is 20.8 Å². The Labute approximate surface area is 169 Å². The van der Waals surface area contributed by atoms with Crippen LogP contribution in [0.15, 0.2) is 12.4 Å². The SMILES string of the molecule is CC(C)(C)C(NC(=O)c1c[nH]c2ncc(C3CC3)nc12)C(=O)N1CCC(C#N)C1. The number of aromatic amines is 1. The van der Waals surface area contributed by atoms with Crippen LogP contribution < -0.4 is 5.32 Å². The van der Waals surface area contributed by atoms with Gasteiger partial charge in [-0.2, -0.15) is 5.26 Å². The first-order chi connectivity index (χ1) is 13.8. The fourth-order valence-electron chi connectivity index (χ4n) is 3.76. The fourth-order valence-corrected chi connectivity index (χ4v) is 3.76. The van der Waals surface area contributed by atoms with Crippen LogP contribution in [-0.4, -0.2) is 50.8 Å². The highest BCUT2D eigenvalue weighted by molar-refractivity contribution is 6.06. The van der Waals surface area contributed by atoms with Gasteiger partial charge in [-0.1, -0.05) is 20.8 Å². The number of nitrogens with one attached hydrogen (secondary N) is 2. The van der Waals surface area contributed by atoms with Gasteiger partial charge in [-0.3, -0.25) is 9.59 Å². The van der Waals surface area contributed by atoms with Crippen LogP contribution >= 0.6 is 0 Å². The van der Waals surface area contributed by atoms with Crippen molar-refractivity contribution in [2.75, 3.05) is 13.1 Å². The third-order valence-corrected chi connectivity index (χ3v) is 5.71. The molecule has 3 heterocycles. The number of fused-ring (bicyclic) bond motifs is 1. The molecule has 8 heteroatoms. The van der Waals surface area contributed by atoms with E-state index in [0.717, 1.165) is 18.5 Å². The van der Waals surface area contributed by atoms with E-state index in [9.17, 15) is 9.59 Å². The number of nitrogens with zero attached hydrogens (tertiary/aromatic N) is 4. The third kappa shape index (κ3) is 3.82. The molecule has 1 saturated carbocycles. The lowest BCUT2D eigenvalue weighted by molar-refractivity contribution is -0.134. The summed E-state index contributed by atoms with van der Waals surface area (Å²) in [5.74, 6) is -0.194. The fraction of sp³-hybridized carbons (Fsp3) is 0.571. The molecule has 2 fully saturated rings. The number of amides is 2. The molecule has 152 valence electrons. The van der Waals surface area contributed by atoms with E-state index in [4.69, 9.17) is 5.26 Å². The molecule has 1 saturated heterocycles. The molecule has 4 rings (SSSR count). The van der Waals surface area contributed by atoms with Crippen LogP contribution in [0.25, 0.3) is 11.2 Å². The van der Waals surface area contributed by atoms with Gasteiger partial charge in [0.25, 0.3) is 5.91 Å². The number of aromatic nitrogens is 3. The van der Waals surface area contributed by atoms with Gasteiger partial charge in [0.15, 0.2) is 5.65 Å². The average Bonchev–Trinajstić information content (AvgIpc) is 3.26. The van der Waals surface area contributed by atoms with E-state index in [-0.39, 0.29) is 17.7 Å². The molecule has 2 amide bonds. The van der Waals surface area contributed by atoms with Crippen molar-refractivity contribution in [2.45, 2.75) is 52.0 Å². The predicted octanol–water partition coefficient (Wildman–Crippen LogP) is 2.35. The monoisotopic (exact) mass is 394 g/mol. The van der Waals surface area contributed by atoms with Gasteiger partial charge >= 0.3 is 0 Å². The summed E-state index contributed by atoms with van der Waals surface area (Å²) in [7, 11) is 0. The highest BCUT2D eigenvalue weighted by Crippen LogP contribution is 2.39. The van der Waals surface area contributed by atoms with Crippen molar-refractivity contribution < 1.29 is 9.59 Å². The highest BCUT2D eigenvalue weighted by Gasteiger charge is 2.38. The van der Waals surface area contributed by atoms with Crippen LogP contribution in [0, 0.1) is 22.7 Å². The standard InChI is InChI=1S/C21H26N6O2/c1-21(2,3)17(20(29)27-7-6-12(8-22)11-27)26-19(28)14-9-23-18-16(14)25-15(10-24-18)13-4-5-13/h9-10,12-13,17H,4-7,11H2,1-3H3,(H,23,24)(H,26,28). The Balaban J connectivity index is 1.57. The largest absolute Gasteiger partial charge is 0.344 e. The lowest BCUT2D eigenvalue weighted by Crippen LogP contribution is -2.54. The van der Waals surface area contributed by atoms with E-state index >= 15 is 0 Å². The summed E-state index contributed by atoms with van der Waals surface area (Å²) in [4.78, 5) is 39.9. The van der Waals surface area contributed by atoms with Crippen molar-refractivity contribution in [3.63, 3.8) is 0 Å². The molecular weight excluding hydrogens is 368 g/mol. The highest BCUT2D eigenvalue weighted by atomic mass is 16.2. The summed E-state index contributed by atoms with van der Waals surface area (Å²) in [5.41, 5.74) is 1.93. The van der Waals surface area contributed by atoms with Crippen molar-refractivity contribution in [3.05, 3.63) is 23.7 Å². The van der Waals surface area contributed by atoms with Crippen LogP contribution in [0.1, 0.15) is 62.0 Å². The first-order valence-corrected chi connectivity index (χ1v) is 10.1. The number of carbonyl (C=O) groups excluding carboxylic acids is 2. The summed E-state index contributed by atoms with van der Waals surface area (Å²) in [5, 5.41) is 12.1. The van der Waals surface area contributed by atoms with Crippen LogP contribution in [0.4, 0.5) is 0 Å². The van der Waals surface area contributed by atoms with Gasteiger partial charge in [0.1, 0.15) is 11.6 Å². The zero-order valence-electron chi connectivity index (χ0n) is 17.0. The van der Waals surface area contributed by atoms with Crippen molar-refractivity contribution in [1.82, 2.24) is 25.2 Å². The van der Waals surface area contributed by atoms with Crippen LogP contribution in [-0.2, 0) is 4.79 Å². The second-order valence-electron chi connectivity index (χ2n) is 9.14. The molecule has 0 radical (unpaired) electrons. The quantitative estimate of drug-likeness (QED) is 0.826. The number of hydrogen-bond donors (Lipinski definition) is 2. The van der Waals surface area contributed by atoms with E-state index in [2.05, 4.69) is 26.3 Å². The van der Waals surface area contributed by atoms with Crippen LogP contribution in [0.3, 0.4) is 0 Å². The third-order valence-electron chi connectivity index (χ3n) is 5.71.